The third-order valence-corrected chi connectivity index (χ3v) is 7.99. The highest BCUT2D eigenvalue weighted by Gasteiger charge is 2.39. The fourth-order valence-corrected chi connectivity index (χ4v) is 5.89. The van der Waals surface area contributed by atoms with E-state index in [9.17, 15) is 9.59 Å². The molecule has 0 N–H and O–H groups in total. The number of ether oxygens (including phenoxy) is 1. The largest absolute Gasteiger partial charge is 0.443 e. The summed E-state index contributed by atoms with van der Waals surface area (Å²) in [5, 5.41) is 4.51. The van der Waals surface area contributed by atoms with Gasteiger partial charge in [-0.2, -0.15) is 9.78 Å². The van der Waals surface area contributed by atoms with Crippen LogP contribution >= 0.6 is 0 Å². The Bertz CT molecular complexity index is 1220. The number of aromatic nitrogens is 2. The molecule has 1 amide bonds. The standard InChI is InChI=1S/C30H33N3O3/c34-29(24-12-10-23(11-13-24)22-8-4-5-9-22)33(26-14-15-26)27-16-17-28-25(18-27)19-32(31-28)30(35)36-20-21-6-2-1-3-7-21/h1-3,6-7,10-13,19,22,26-27H,4-5,8-9,14-18,20H2. The summed E-state index contributed by atoms with van der Waals surface area (Å²) in [6.45, 7) is 0.219. The predicted octanol–water partition coefficient (Wildman–Crippen LogP) is 5.89. The molecule has 6 rings (SSSR count). The number of hydrogen-bond donors (Lipinski definition) is 0. The van der Waals surface area contributed by atoms with Gasteiger partial charge in [0, 0.05) is 23.8 Å². The highest BCUT2D eigenvalue weighted by atomic mass is 16.6. The summed E-state index contributed by atoms with van der Waals surface area (Å²) in [6, 6.07) is 18.5. The van der Waals surface area contributed by atoms with Gasteiger partial charge in [0.05, 0.1) is 5.69 Å². The van der Waals surface area contributed by atoms with Crippen LogP contribution in [0.1, 0.15) is 83.6 Å². The molecule has 0 spiro atoms. The molecule has 1 atom stereocenters. The fourth-order valence-electron chi connectivity index (χ4n) is 5.89. The van der Waals surface area contributed by atoms with Crippen LogP contribution in [0.5, 0.6) is 0 Å². The summed E-state index contributed by atoms with van der Waals surface area (Å²) in [7, 11) is 0. The van der Waals surface area contributed by atoms with Crippen molar-refractivity contribution in [1.29, 1.82) is 0 Å². The maximum Gasteiger partial charge on any atom is 0.435 e. The monoisotopic (exact) mass is 483 g/mol. The molecule has 186 valence electrons. The van der Waals surface area contributed by atoms with Crippen LogP contribution in [-0.4, -0.2) is 38.8 Å². The predicted molar refractivity (Wildman–Crippen MR) is 137 cm³/mol. The van der Waals surface area contributed by atoms with Crippen molar-refractivity contribution in [3.63, 3.8) is 0 Å². The average Bonchev–Trinajstić information content (AvgIpc) is 3.41. The molecule has 2 fully saturated rings. The minimum atomic E-state index is -0.470. The third kappa shape index (κ3) is 4.81. The van der Waals surface area contributed by atoms with Gasteiger partial charge in [-0.1, -0.05) is 55.3 Å². The van der Waals surface area contributed by atoms with E-state index in [2.05, 4.69) is 22.1 Å². The van der Waals surface area contributed by atoms with Crippen LogP contribution in [0.3, 0.4) is 0 Å². The molecule has 1 heterocycles. The Hall–Kier alpha value is -3.41. The second-order valence-corrected chi connectivity index (χ2v) is 10.5. The first-order valence-electron chi connectivity index (χ1n) is 13.4. The quantitative estimate of drug-likeness (QED) is 0.439. The zero-order valence-electron chi connectivity index (χ0n) is 20.6. The summed E-state index contributed by atoms with van der Waals surface area (Å²) in [4.78, 5) is 28.4. The van der Waals surface area contributed by atoms with Crippen molar-refractivity contribution in [2.75, 3.05) is 0 Å². The topological polar surface area (TPSA) is 64.4 Å². The van der Waals surface area contributed by atoms with Gasteiger partial charge in [0.1, 0.15) is 6.61 Å². The second-order valence-electron chi connectivity index (χ2n) is 10.5. The van der Waals surface area contributed by atoms with Gasteiger partial charge in [0.2, 0.25) is 0 Å². The molecular formula is C30H33N3O3. The second kappa shape index (κ2) is 9.92. The van der Waals surface area contributed by atoms with Gasteiger partial charge in [-0.25, -0.2) is 4.79 Å². The molecule has 3 aliphatic carbocycles. The van der Waals surface area contributed by atoms with Crippen molar-refractivity contribution in [2.24, 2.45) is 0 Å². The number of benzene rings is 2. The lowest BCUT2D eigenvalue weighted by Crippen LogP contribution is -2.44. The molecule has 6 nitrogen and oxygen atoms in total. The van der Waals surface area contributed by atoms with Crippen molar-refractivity contribution < 1.29 is 14.3 Å². The van der Waals surface area contributed by atoms with Gasteiger partial charge in [0.25, 0.3) is 5.91 Å². The number of rotatable bonds is 6. The lowest BCUT2D eigenvalue weighted by molar-refractivity contribution is 0.0642. The van der Waals surface area contributed by atoms with E-state index in [1.807, 2.05) is 42.5 Å². The molecule has 2 saturated carbocycles. The van der Waals surface area contributed by atoms with Gasteiger partial charge in [-0.05, 0) is 79.7 Å². The summed E-state index contributed by atoms with van der Waals surface area (Å²) >= 11 is 0. The summed E-state index contributed by atoms with van der Waals surface area (Å²) < 4.78 is 6.77. The molecule has 0 bridgehead atoms. The molecule has 3 aromatic rings. The molecule has 1 unspecified atom stereocenters. The van der Waals surface area contributed by atoms with Crippen LogP contribution in [0.2, 0.25) is 0 Å². The minimum Gasteiger partial charge on any atom is -0.443 e. The Morgan fingerprint density at radius 2 is 1.67 bits per heavy atom. The first kappa shape index (κ1) is 23.0. The Morgan fingerprint density at radius 3 is 2.39 bits per heavy atom. The fraction of sp³-hybridized carbons (Fsp3) is 0.433. The molecule has 1 aromatic heterocycles. The smallest absolute Gasteiger partial charge is 0.435 e. The van der Waals surface area contributed by atoms with Crippen molar-refractivity contribution in [1.82, 2.24) is 14.7 Å². The maximum atomic E-state index is 13.6. The lowest BCUT2D eigenvalue weighted by atomic mass is 9.91. The van der Waals surface area contributed by atoms with Gasteiger partial charge in [-0.15, -0.1) is 0 Å². The highest BCUT2D eigenvalue weighted by Crippen LogP contribution is 2.36. The van der Waals surface area contributed by atoms with Crippen LogP contribution in [-0.2, 0) is 24.2 Å². The van der Waals surface area contributed by atoms with E-state index in [1.165, 1.54) is 35.9 Å². The molecule has 6 heteroatoms. The number of carbonyl (C=O) groups excluding carboxylic acids is 2. The number of hydrogen-bond acceptors (Lipinski definition) is 4. The van der Waals surface area contributed by atoms with E-state index in [-0.39, 0.29) is 18.6 Å². The van der Waals surface area contributed by atoms with E-state index >= 15 is 0 Å². The lowest BCUT2D eigenvalue weighted by Gasteiger charge is -2.34. The van der Waals surface area contributed by atoms with Crippen molar-refractivity contribution >= 4 is 12.0 Å². The van der Waals surface area contributed by atoms with Crippen LogP contribution in [0, 0.1) is 0 Å². The first-order valence-corrected chi connectivity index (χ1v) is 13.4. The molecule has 0 aliphatic heterocycles. The summed E-state index contributed by atoms with van der Waals surface area (Å²) in [5.41, 5.74) is 5.08. The third-order valence-electron chi connectivity index (χ3n) is 7.99. The Balaban J connectivity index is 1.13. The van der Waals surface area contributed by atoms with Crippen LogP contribution < -0.4 is 0 Å². The SMILES string of the molecule is O=C(c1ccc(C2CCCC2)cc1)N(C1CC1)C1CCc2nn(C(=O)OCc3ccccc3)cc2C1. The van der Waals surface area contributed by atoms with E-state index < -0.39 is 6.09 Å². The molecule has 36 heavy (non-hydrogen) atoms. The number of fused-ring (bicyclic) bond motifs is 1. The minimum absolute atomic E-state index is 0.130. The van der Waals surface area contributed by atoms with E-state index in [4.69, 9.17) is 4.74 Å². The zero-order valence-corrected chi connectivity index (χ0v) is 20.6. The van der Waals surface area contributed by atoms with Crippen LogP contribution in [0.15, 0.2) is 60.8 Å². The normalized spacial score (nSPS) is 19.6. The van der Waals surface area contributed by atoms with E-state index in [0.717, 1.165) is 54.5 Å². The molecule has 2 aromatic carbocycles. The van der Waals surface area contributed by atoms with Crippen molar-refractivity contribution in [3.8, 4) is 0 Å². The molecular weight excluding hydrogens is 450 g/mol. The van der Waals surface area contributed by atoms with Crippen LogP contribution in [0.25, 0.3) is 0 Å². The molecule has 3 aliphatic rings. The van der Waals surface area contributed by atoms with E-state index in [1.54, 1.807) is 6.20 Å². The molecule has 0 radical (unpaired) electrons. The maximum absolute atomic E-state index is 13.6. The molecule has 0 saturated heterocycles. The summed E-state index contributed by atoms with van der Waals surface area (Å²) in [6.07, 6.45) is 11.0. The number of nitrogens with zero attached hydrogens (tertiary/aromatic N) is 3. The van der Waals surface area contributed by atoms with E-state index in [0.29, 0.717) is 12.0 Å². The number of aryl methyl sites for hydroxylation is 1. The highest BCUT2D eigenvalue weighted by molar-refractivity contribution is 5.95. The Kier molecular flexibility index (Phi) is 6.34. The van der Waals surface area contributed by atoms with Gasteiger partial charge in [0.15, 0.2) is 0 Å². The van der Waals surface area contributed by atoms with Gasteiger partial charge in [-0.3, -0.25) is 4.79 Å². The summed E-state index contributed by atoms with van der Waals surface area (Å²) in [5.74, 6) is 0.792. The van der Waals surface area contributed by atoms with Gasteiger partial charge < -0.3 is 9.64 Å². The zero-order chi connectivity index (χ0) is 24.5. The Labute approximate surface area is 212 Å². The van der Waals surface area contributed by atoms with Crippen molar-refractivity contribution in [3.05, 3.63) is 88.7 Å². The first-order chi connectivity index (χ1) is 17.7. The van der Waals surface area contributed by atoms with Crippen LogP contribution in [0.4, 0.5) is 4.79 Å². The van der Waals surface area contributed by atoms with Crippen molar-refractivity contribution in [2.45, 2.75) is 82.4 Å². The average molecular weight is 484 g/mol. The number of amides is 1. The Morgan fingerprint density at radius 1 is 0.917 bits per heavy atom. The number of carbonyl (C=O) groups is 2. The van der Waals surface area contributed by atoms with Gasteiger partial charge >= 0.3 is 6.09 Å².